The zero-order chi connectivity index (χ0) is 14.7. The number of hydrogen-bond acceptors (Lipinski definition) is 2. The molecule has 1 heterocycles. The zero-order valence-electron chi connectivity index (χ0n) is 12.5. The summed E-state index contributed by atoms with van der Waals surface area (Å²) < 4.78 is 1.01. The molecular weight excluding hydrogens is 336 g/mol. The highest BCUT2D eigenvalue weighted by Gasteiger charge is 2.32. The van der Waals surface area contributed by atoms with Crippen LogP contribution in [0.5, 0.6) is 0 Å². The van der Waals surface area contributed by atoms with Crippen LogP contribution in [0.4, 0.5) is 5.69 Å². The maximum atomic E-state index is 6.23. The molecule has 20 heavy (non-hydrogen) atoms. The molecule has 0 aromatic heterocycles. The van der Waals surface area contributed by atoms with E-state index in [1.165, 1.54) is 18.5 Å². The lowest BCUT2D eigenvalue weighted by molar-refractivity contribution is 0.271. The van der Waals surface area contributed by atoms with Crippen LogP contribution < -0.4 is 10.2 Å². The van der Waals surface area contributed by atoms with Gasteiger partial charge in [0.05, 0.1) is 15.2 Å². The highest BCUT2D eigenvalue weighted by Crippen LogP contribution is 2.37. The minimum atomic E-state index is 0.507. The number of halogens is 2. The number of hydrogen-bond donors (Lipinski definition) is 1. The van der Waals surface area contributed by atoms with Gasteiger partial charge in [-0.2, -0.15) is 0 Å². The molecule has 1 N–H and O–H groups in total. The Morgan fingerprint density at radius 2 is 2.15 bits per heavy atom. The summed E-state index contributed by atoms with van der Waals surface area (Å²) in [5.74, 6) is 0.626. The standard InChI is InChI=1S/C16H24BrClN2/c1-4-9-19-14-8-10-20(12(3)11(14)2)15-7-5-6-13(18)16(15)17/h5-7,11-12,14,19H,4,8-10H2,1-3H3. The average Bonchev–Trinajstić information content (AvgIpc) is 2.44. The van der Waals surface area contributed by atoms with E-state index in [0.29, 0.717) is 18.0 Å². The van der Waals surface area contributed by atoms with Crippen LogP contribution in [-0.4, -0.2) is 25.2 Å². The molecule has 3 unspecified atom stereocenters. The second-order valence-corrected chi connectivity index (χ2v) is 6.92. The van der Waals surface area contributed by atoms with E-state index in [0.717, 1.165) is 22.6 Å². The molecule has 2 rings (SSSR count). The van der Waals surface area contributed by atoms with Crippen LogP contribution in [0.15, 0.2) is 22.7 Å². The number of piperidine rings is 1. The van der Waals surface area contributed by atoms with E-state index < -0.39 is 0 Å². The van der Waals surface area contributed by atoms with Gasteiger partial charge >= 0.3 is 0 Å². The van der Waals surface area contributed by atoms with Crippen LogP contribution >= 0.6 is 27.5 Å². The number of rotatable bonds is 4. The summed E-state index contributed by atoms with van der Waals surface area (Å²) in [6, 6.07) is 7.24. The first-order valence-corrected chi connectivity index (χ1v) is 8.67. The van der Waals surface area contributed by atoms with Gasteiger partial charge < -0.3 is 10.2 Å². The Labute approximate surface area is 136 Å². The second-order valence-electron chi connectivity index (χ2n) is 5.72. The van der Waals surface area contributed by atoms with Crippen molar-refractivity contribution in [2.75, 3.05) is 18.0 Å². The predicted molar refractivity (Wildman–Crippen MR) is 91.8 cm³/mol. The first kappa shape index (κ1) is 16.1. The maximum absolute atomic E-state index is 6.23. The Morgan fingerprint density at radius 1 is 1.40 bits per heavy atom. The highest BCUT2D eigenvalue weighted by atomic mass is 79.9. The predicted octanol–water partition coefficient (Wildman–Crippen LogP) is 4.71. The molecule has 1 saturated heterocycles. The van der Waals surface area contributed by atoms with Crippen LogP contribution in [0, 0.1) is 5.92 Å². The van der Waals surface area contributed by atoms with Gasteiger partial charge in [-0.25, -0.2) is 0 Å². The lowest BCUT2D eigenvalue weighted by Crippen LogP contribution is -2.53. The van der Waals surface area contributed by atoms with E-state index in [1.807, 2.05) is 12.1 Å². The summed E-state index contributed by atoms with van der Waals surface area (Å²) in [6.07, 6.45) is 2.38. The van der Waals surface area contributed by atoms with Crippen LogP contribution in [0.25, 0.3) is 0 Å². The first-order valence-electron chi connectivity index (χ1n) is 7.50. The molecule has 1 aliphatic heterocycles. The van der Waals surface area contributed by atoms with Crippen molar-refractivity contribution in [2.45, 2.75) is 45.7 Å². The van der Waals surface area contributed by atoms with Crippen molar-refractivity contribution in [3.8, 4) is 0 Å². The molecule has 3 atom stereocenters. The molecule has 1 aromatic carbocycles. The van der Waals surface area contributed by atoms with E-state index in [1.54, 1.807) is 0 Å². The fourth-order valence-electron chi connectivity index (χ4n) is 3.04. The average molecular weight is 360 g/mol. The number of anilines is 1. The summed E-state index contributed by atoms with van der Waals surface area (Å²) in [5, 5.41) is 4.47. The van der Waals surface area contributed by atoms with Gasteiger partial charge in [0, 0.05) is 18.6 Å². The minimum absolute atomic E-state index is 0.507. The largest absolute Gasteiger partial charge is 0.367 e. The van der Waals surface area contributed by atoms with Crippen molar-refractivity contribution in [2.24, 2.45) is 5.92 Å². The van der Waals surface area contributed by atoms with Crippen molar-refractivity contribution in [3.63, 3.8) is 0 Å². The van der Waals surface area contributed by atoms with E-state index in [-0.39, 0.29) is 0 Å². The molecule has 2 nitrogen and oxygen atoms in total. The van der Waals surface area contributed by atoms with Crippen molar-refractivity contribution >= 4 is 33.2 Å². The highest BCUT2D eigenvalue weighted by molar-refractivity contribution is 9.10. The lowest BCUT2D eigenvalue weighted by Gasteiger charge is -2.44. The zero-order valence-corrected chi connectivity index (χ0v) is 14.8. The third-order valence-electron chi connectivity index (χ3n) is 4.47. The maximum Gasteiger partial charge on any atom is 0.0595 e. The Hall–Kier alpha value is -0.250. The number of nitrogens with zero attached hydrogens (tertiary/aromatic N) is 1. The summed E-state index contributed by atoms with van der Waals surface area (Å²) >= 11 is 9.86. The quantitative estimate of drug-likeness (QED) is 0.838. The Morgan fingerprint density at radius 3 is 2.85 bits per heavy atom. The molecule has 1 aliphatic rings. The molecular formula is C16H24BrClN2. The van der Waals surface area contributed by atoms with Gasteiger partial charge in [-0.15, -0.1) is 0 Å². The number of nitrogens with one attached hydrogen (secondary N) is 1. The summed E-state index contributed by atoms with van der Waals surface area (Å²) in [7, 11) is 0. The molecule has 0 saturated carbocycles. The second kappa shape index (κ2) is 7.15. The fourth-order valence-corrected chi connectivity index (χ4v) is 3.70. The minimum Gasteiger partial charge on any atom is -0.367 e. The third kappa shape index (κ3) is 3.32. The fraction of sp³-hybridized carbons (Fsp3) is 0.625. The molecule has 1 fully saturated rings. The van der Waals surface area contributed by atoms with E-state index >= 15 is 0 Å². The van der Waals surface area contributed by atoms with E-state index in [9.17, 15) is 0 Å². The molecule has 0 amide bonds. The van der Waals surface area contributed by atoms with Crippen molar-refractivity contribution in [3.05, 3.63) is 27.7 Å². The number of benzene rings is 1. The van der Waals surface area contributed by atoms with Gasteiger partial charge in [0.2, 0.25) is 0 Å². The molecule has 4 heteroatoms. The van der Waals surface area contributed by atoms with Gasteiger partial charge in [0.15, 0.2) is 0 Å². The summed E-state index contributed by atoms with van der Waals surface area (Å²) in [4.78, 5) is 2.48. The van der Waals surface area contributed by atoms with Gasteiger partial charge in [-0.05, 0) is 60.3 Å². The smallest absolute Gasteiger partial charge is 0.0595 e. The van der Waals surface area contributed by atoms with Crippen LogP contribution in [0.1, 0.15) is 33.6 Å². The Balaban J connectivity index is 2.14. The monoisotopic (exact) mass is 358 g/mol. The van der Waals surface area contributed by atoms with Crippen LogP contribution in [0.3, 0.4) is 0 Å². The SMILES string of the molecule is CCCNC1CCN(c2cccc(Cl)c2Br)C(C)C1C. The van der Waals surface area contributed by atoms with Gasteiger partial charge in [-0.3, -0.25) is 0 Å². The van der Waals surface area contributed by atoms with Crippen LogP contribution in [0.2, 0.25) is 5.02 Å². The lowest BCUT2D eigenvalue weighted by atomic mass is 9.86. The van der Waals surface area contributed by atoms with Gasteiger partial charge in [0.25, 0.3) is 0 Å². The molecule has 0 radical (unpaired) electrons. The Bertz CT molecular complexity index is 452. The van der Waals surface area contributed by atoms with Gasteiger partial charge in [0.1, 0.15) is 0 Å². The summed E-state index contributed by atoms with van der Waals surface area (Å²) in [5.41, 5.74) is 1.21. The van der Waals surface area contributed by atoms with Crippen molar-refractivity contribution in [1.29, 1.82) is 0 Å². The molecule has 0 spiro atoms. The summed E-state index contributed by atoms with van der Waals surface area (Å²) in [6.45, 7) is 9.08. The van der Waals surface area contributed by atoms with Gasteiger partial charge in [-0.1, -0.05) is 31.5 Å². The molecule has 0 aliphatic carbocycles. The van der Waals surface area contributed by atoms with Crippen molar-refractivity contribution < 1.29 is 0 Å². The van der Waals surface area contributed by atoms with E-state index in [2.05, 4.69) is 53.0 Å². The molecule has 1 aromatic rings. The normalized spacial score (nSPS) is 26.9. The molecule has 0 bridgehead atoms. The molecule has 112 valence electrons. The first-order chi connectivity index (χ1) is 9.56. The third-order valence-corrected chi connectivity index (χ3v) is 5.84. The van der Waals surface area contributed by atoms with E-state index in [4.69, 9.17) is 11.6 Å². The van der Waals surface area contributed by atoms with Crippen molar-refractivity contribution in [1.82, 2.24) is 5.32 Å². The Kier molecular flexibility index (Phi) is 5.76. The topological polar surface area (TPSA) is 15.3 Å². The van der Waals surface area contributed by atoms with Crippen LogP contribution in [-0.2, 0) is 0 Å².